The lowest BCUT2D eigenvalue weighted by Crippen LogP contribution is -2.10. The summed E-state index contributed by atoms with van der Waals surface area (Å²) in [6, 6.07) is 15.4. The first kappa shape index (κ1) is 21.4. The number of unbranched alkanes of at least 4 members (excludes halogenated alkanes) is 3. The topological polar surface area (TPSA) is 70.8 Å². The molecule has 3 rings (SSSR count). The van der Waals surface area contributed by atoms with E-state index in [2.05, 4.69) is 22.2 Å². The van der Waals surface area contributed by atoms with E-state index in [1.54, 1.807) is 6.21 Å². The molecule has 0 amide bonds. The smallest absolute Gasteiger partial charge is 0.141 e. The Hall–Kier alpha value is -3.35. The number of aromatic nitrogens is 3. The van der Waals surface area contributed by atoms with E-state index in [1.807, 2.05) is 48.5 Å². The van der Waals surface area contributed by atoms with Gasteiger partial charge in [0.25, 0.3) is 0 Å². The molecule has 0 unspecified atom stereocenters. The highest BCUT2D eigenvalue weighted by molar-refractivity contribution is 5.83. The summed E-state index contributed by atoms with van der Waals surface area (Å²) >= 11 is 0. The maximum atomic E-state index is 5.86. The third-order valence-corrected chi connectivity index (χ3v) is 4.36. The SMILES string of the molecule is CCCCCCOc1ccc(OCCOc2ccccc2/C=N/n2cnnc2)cc1. The van der Waals surface area contributed by atoms with E-state index in [0.717, 1.165) is 35.8 Å². The van der Waals surface area contributed by atoms with Crippen LogP contribution in [0.5, 0.6) is 17.2 Å². The van der Waals surface area contributed by atoms with Crippen molar-refractivity contribution in [3.8, 4) is 17.2 Å². The molecular formula is C23H28N4O3. The van der Waals surface area contributed by atoms with Crippen molar-refractivity contribution < 1.29 is 14.2 Å². The number of rotatable bonds is 13. The molecule has 1 heterocycles. The molecule has 30 heavy (non-hydrogen) atoms. The molecule has 1 aromatic heterocycles. The van der Waals surface area contributed by atoms with Crippen molar-refractivity contribution in [1.82, 2.24) is 14.9 Å². The normalized spacial score (nSPS) is 11.0. The minimum absolute atomic E-state index is 0.424. The van der Waals surface area contributed by atoms with Gasteiger partial charge < -0.3 is 14.2 Å². The van der Waals surface area contributed by atoms with Crippen LogP contribution in [-0.4, -0.2) is 40.9 Å². The Labute approximate surface area is 177 Å². The Morgan fingerprint density at radius 1 is 0.800 bits per heavy atom. The van der Waals surface area contributed by atoms with Gasteiger partial charge in [-0.05, 0) is 42.8 Å². The van der Waals surface area contributed by atoms with Gasteiger partial charge in [0.2, 0.25) is 0 Å². The predicted molar refractivity (Wildman–Crippen MR) is 117 cm³/mol. The van der Waals surface area contributed by atoms with E-state index >= 15 is 0 Å². The van der Waals surface area contributed by atoms with Gasteiger partial charge in [0, 0.05) is 5.56 Å². The summed E-state index contributed by atoms with van der Waals surface area (Å²) in [7, 11) is 0. The maximum absolute atomic E-state index is 5.86. The zero-order chi connectivity index (χ0) is 20.9. The van der Waals surface area contributed by atoms with Gasteiger partial charge in [0.15, 0.2) is 0 Å². The summed E-state index contributed by atoms with van der Waals surface area (Å²) in [6.07, 6.45) is 9.56. The Morgan fingerprint density at radius 2 is 1.47 bits per heavy atom. The van der Waals surface area contributed by atoms with Gasteiger partial charge in [-0.3, -0.25) is 0 Å². The molecule has 0 N–H and O–H groups in total. The van der Waals surface area contributed by atoms with Gasteiger partial charge in [0.05, 0.1) is 12.8 Å². The zero-order valence-corrected chi connectivity index (χ0v) is 17.3. The first-order valence-electron chi connectivity index (χ1n) is 10.3. The number of para-hydroxylation sites is 1. The number of benzene rings is 2. The van der Waals surface area contributed by atoms with Crippen molar-refractivity contribution in [2.24, 2.45) is 5.10 Å². The Balaban J connectivity index is 1.40. The molecule has 0 atom stereocenters. The van der Waals surface area contributed by atoms with Gasteiger partial charge >= 0.3 is 0 Å². The Bertz CT molecular complexity index is 880. The fraction of sp³-hybridized carbons (Fsp3) is 0.348. The van der Waals surface area contributed by atoms with E-state index in [1.165, 1.54) is 36.6 Å². The van der Waals surface area contributed by atoms with Gasteiger partial charge in [-0.2, -0.15) is 5.10 Å². The lowest BCUT2D eigenvalue weighted by Gasteiger charge is -2.11. The molecule has 0 fully saturated rings. The molecule has 0 radical (unpaired) electrons. The molecule has 0 aliphatic heterocycles. The minimum Gasteiger partial charge on any atom is -0.494 e. The summed E-state index contributed by atoms with van der Waals surface area (Å²) in [5.74, 6) is 2.40. The third-order valence-electron chi connectivity index (χ3n) is 4.36. The van der Waals surface area contributed by atoms with Crippen molar-refractivity contribution in [2.45, 2.75) is 32.6 Å². The van der Waals surface area contributed by atoms with E-state index in [4.69, 9.17) is 14.2 Å². The van der Waals surface area contributed by atoms with Crippen molar-refractivity contribution >= 4 is 6.21 Å². The molecule has 0 spiro atoms. The molecule has 7 nitrogen and oxygen atoms in total. The van der Waals surface area contributed by atoms with Crippen LogP contribution in [0.25, 0.3) is 0 Å². The standard InChI is InChI=1S/C23H28N4O3/c1-2-3-4-7-14-28-21-10-12-22(13-11-21)29-15-16-30-23-9-6-5-8-20(23)17-26-27-18-24-25-19-27/h5-6,8-13,17-19H,2-4,7,14-16H2,1H3/b26-17+. The molecule has 7 heteroatoms. The second kappa shape index (κ2) is 12.3. The molecular weight excluding hydrogens is 380 g/mol. The molecule has 0 saturated carbocycles. The summed E-state index contributed by atoms with van der Waals surface area (Å²) in [4.78, 5) is 0. The number of hydrogen-bond donors (Lipinski definition) is 0. The summed E-state index contributed by atoms with van der Waals surface area (Å²) in [5.41, 5.74) is 0.867. The highest BCUT2D eigenvalue weighted by Crippen LogP contribution is 2.19. The van der Waals surface area contributed by atoms with Gasteiger partial charge in [-0.1, -0.05) is 38.3 Å². The minimum atomic E-state index is 0.424. The van der Waals surface area contributed by atoms with Crippen LogP contribution in [0.1, 0.15) is 38.2 Å². The predicted octanol–water partition coefficient (Wildman–Crippen LogP) is 4.58. The van der Waals surface area contributed by atoms with E-state index < -0.39 is 0 Å². The van der Waals surface area contributed by atoms with Crippen molar-refractivity contribution in [2.75, 3.05) is 19.8 Å². The largest absolute Gasteiger partial charge is 0.494 e. The fourth-order valence-electron chi connectivity index (χ4n) is 2.76. The Morgan fingerprint density at radius 3 is 2.20 bits per heavy atom. The van der Waals surface area contributed by atoms with Crippen LogP contribution in [-0.2, 0) is 0 Å². The van der Waals surface area contributed by atoms with E-state index in [9.17, 15) is 0 Å². The van der Waals surface area contributed by atoms with Crippen molar-refractivity contribution in [3.05, 3.63) is 66.7 Å². The fourth-order valence-corrected chi connectivity index (χ4v) is 2.76. The molecule has 3 aromatic rings. The molecule has 158 valence electrons. The second-order valence-electron chi connectivity index (χ2n) is 6.70. The van der Waals surface area contributed by atoms with Crippen LogP contribution in [0.3, 0.4) is 0 Å². The zero-order valence-electron chi connectivity index (χ0n) is 17.3. The average Bonchev–Trinajstić information content (AvgIpc) is 3.30. The van der Waals surface area contributed by atoms with Crippen LogP contribution in [0.2, 0.25) is 0 Å². The monoisotopic (exact) mass is 408 g/mol. The molecule has 0 bridgehead atoms. The quantitative estimate of drug-likeness (QED) is 0.306. The van der Waals surface area contributed by atoms with Crippen LogP contribution in [0, 0.1) is 0 Å². The van der Waals surface area contributed by atoms with Gasteiger partial charge in [-0.15, -0.1) is 10.2 Å². The average molecular weight is 409 g/mol. The van der Waals surface area contributed by atoms with E-state index in [-0.39, 0.29) is 0 Å². The third kappa shape index (κ3) is 7.24. The second-order valence-corrected chi connectivity index (χ2v) is 6.70. The molecule has 0 aliphatic carbocycles. The van der Waals surface area contributed by atoms with Crippen molar-refractivity contribution in [3.63, 3.8) is 0 Å². The molecule has 0 aliphatic rings. The lowest BCUT2D eigenvalue weighted by atomic mass is 10.2. The number of hydrogen-bond acceptors (Lipinski definition) is 6. The van der Waals surface area contributed by atoms with Crippen LogP contribution in [0.15, 0.2) is 66.3 Å². The summed E-state index contributed by atoms with van der Waals surface area (Å²) < 4.78 is 18.9. The van der Waals surface area contributed by atoms with E-state index in [0.29, 0.717) is 13.2 Å². The number of ether oxygens (including phenoxy) is 3. The molecule has 2 aromatic carbocycles. The molecule has 0 saturated heterocycles. The maximum Gasteiger partial charge on any atom is 0.141 e. The summed E-state index contributed by atoms with van der Waals surface area (Å²) in [5, 5.41) is 11.7. The van der Waals surface area contributed by atoms with Crippen LogP contribution < -0.4 is 14.2 Å². The summed E-state index contributed by atoms with van der Waals surface area (Å²) in [6.45, 7) is 3.83. The van der Waals surface area contributed by atoms with Crippen molar-refractivity contribution in [1.29, 1.82) is 0 Å². The first-order valence-corrected chi connectivity index (χ1v) is 10.3. The lowest BCUT2D eigenvalue weighted by molar-refractivity contribution is 0.216. The van der Waals surface area contributed by atoms with Crippen LogP contribution >= 0.6 is 0 Å². The van der Waals surface area contributed by atoms with Gasteiger partial charge in [0.1, 0.15) is 43.1 Å². The highest BCUT2D eigenvalue weighted by atomic mass is 16.5. The first-order chi connectivity index (χ1) is 14.8. The number of nitrogens with zero attached hydrogens (tertiary/aromatic N) is 4. The van der Waals surface area contributed by atoms with Crippen LogP contribution in [0.4, 0.5) is 0 Å². The highest BCUT2D eigenvalue weighted by Gasteiger charge is 2.02. The van der Waals surface area contributed by atoms with Gasteiger partial charge in [-0.25, -0.2) is 4.68 Å². The Kier molecular flexibility index (Phi) is 8.73.